The monoisotopic (exact) mass is 263 g/mol. The van der Waals surface area contributed by atoms with Crippen molar-refractivity contribution in [2.24, 2.45) is 0 Å². The molecule has 1 N–H and O–H groups in total. The number of aromatic nitrogens is 1. The van der Waals surface area contributed by atoms with Crippen LogP contribution in [0, 0.1) is 10.1 Å². The van der Waals surface area contributed by atoms with Gasteiger partial charge in [-0.15, -0.1) is 0 Å². The summed E-state index contributed by atoms with van der Waals surface area (Å²) in [5, 5.41) is 17.9. The van der Waals surface area contributed by atoms with Crippen LogP contribution < -0.4 is 5.32 Å². The van der Waals surface area contributed by atoms with E-state index in [0.29, 0.717) is 5.82 Å². The van der Waals surface area contributed by atoms with E-state index >= 15 is 0 Å². The fourth-order valence-electron chi connectivity index (χ4n) is 1.65. The third-order valence-electron chi connectivity index (χ3n) is 2.47. The lowest BCUT2D eigenvalue weighted by Gasteiger charge is -2.13. The van der Waals surface area contributed by atoms with E-state index in [1.807, 2.05) is 5.38 Å². The average molecular weight is 263 g/mol. The van der Waals surface area contributed by atoms with Crippen molar-refractivity contribution in [2.75, 3.05) is 5.32 Å². The molecule has 0 amide bonds. The van der Waals surface area contributed by atoms with Gasteiger partial charge in [-0.25, -0.2) is 4.98 Å². The zero-order valence-corrected chi connectivity index (χ0v) is 10.7. The molecule has 0 aromatic carbocycles. The molecule has 0 bridgehead atoms. The van der Waals surface area contributed by atoms with E-state index in [2.05, 4.69) is 28.7 Å². The Morgan fingerprint density at radius 2 is 2.33 bits per heavy atom. The Bertz CT molecular complexity index is 511. The van der Waals surface area contributed by atoms with Crippen LogP contribution in [0.3, 0.4) is 0 Å². The predicted octanol–water partition coefficient (Wildman–Crippen LogP) is 3.09. The minimum Gasteiger partial charge on any atom is -0.367 e. The summed E-state index contributed by atoms with van der Waals surface area (Å²) in [4.78, 5) is 14.1. The van der Waals surface area contributed by atoms with E-state index in [4.69, 9.17) is 0 Å². The summed E-state index contributed by atoms with van der Waals surface area (Å²) in [6, 6.07) is 5.40. The largest absolute Gasteiger partial charge is 0.367 e. The minimum absolute atomic E-state index is 0.00559. The van der Waals surface area contributed by atoms with E-state index in [1.165, 1.54) is 17.8 Å². The molecular weight excluding hydrogens is 250 g/mol. The van der Waals surface area contributed by atoms with Gasteiger partial charge in [-0.1, -0.05) is 0 Å². The molecule has 0 fully saturated rings. The number of pyridine rings is 1. The molecule has 18 heavy (non-hydrogen) atoms. The molecule has 94 valence electrons. The van der Waals surface area contributed by atoms with Gasteiger partial charge in [0.25, 0.3) is 5.69 Å². The lowest BCUT2D eigenvalue weighted by Crippen LogP contribution is -2.18. The molecule has 1 unspecified atom stereocenters. The Labute approximate surface area is 109 Å². The molecule has 0 saturated heterocycles. The summed E-state index contributed by atoms with van der Waals surface area (Å²) >= 11 is 1.67. The number of nitrogens with one attached hydrogen (secondary N) is 1. The molecule has 2 heterocycles. The maximum Gasteiger partial charge on any atom is 0.287 e. The van der Waals surface area contributed by atoms with Gasteiger partial charge in [0.05, 0.1) is 4.92 Å². The van der Waals surface area contributed by atoms with Gasteiger partial charge in [0.15, 0.2) is 0 Å². The summed E-state index contributed by atoms with van der Waals surface area (Å²) in [6.45, 7) is 2.06. The molecule has 2 aromatic rings. The van der Waals surface area contributed by atoms with Crippen molar-refractivity contribution in [3.05, 3.63) is 50.8 Å². The first kappa shape index (κ1) is 12.5. The molecule has 2 rings (SSSR count). The van der Waals surface area contributed by atoms with Gasteiger partial charge in [0.1, 0.15) is 12.0 Å². The van der Waals surface area contributed by atoms with Crippen LogP contribution in [0.15, 0.2) is 35.2 Å². The molecular formula is C12H13N3O2S. The van der Waals surface area contributed by atoms with Gasteiger partial charge >= 0.3 is 0 Å². The number of anilines is 1. The van der Waals surface area contributed by atoms with E-state index < -0.39 is 4.92 Å². The van der Waals surface area contributed by atoms with Crippen LogP contribution in [-0.2, 0) is 6.42 Å². The first-order valence-electron chi connectivity index (χ1n) is 5.53. The summed E-state index contributed by atoms with van der Waals surface area (Å²) in [5.74, 6) is 0.656. The Balaban J connectivity index is 1.94. The molecule has 0 saturated carbocycles. The maximum absolute atomic E-state index is 10.5. The smallest absolute Gasteiger partial charge is 0.287 e. The Kier molecular flexibility index (Phi) is 3.88. The number of hydrogen-bond acceptors (Lipinski definition) is 5. The summed E-state index contributed by atoms with van der Waals surface area (Å²) < 4.78 is 0. The summed E-state index contributed by atoms with van der Waals surface area (Å²) in [5.41, 5.74) is 1.29. The molecule has 0 aliphatic heterocycles. The Hall–Kier alpha value is -1.95. The number of thiophene rings is 1. The van der Waals surface area contributed by atoms with E-state index in [9.17, 15) is 10.1 Å². The van der Waals surface area contributed by atoms with Gasteiger partial charge in [-0.05, 0) is 41.8 Å². The van der Waals surface area contributed by atoms with Gasteiger partial charge in [0.2, 0.25) is 0 Å². The molecule has 0 aliphatic rings. The van der Waals surface area contributed by atoms with E-state index in [1.54, 1.807) is 17.4 Å². The SMILES string of the molecule is CC(Cc1ccsc1)Nc1ccc([N+](=O)[O-])cn1. The second-order valence-electron chi connectivity index (χ2n) is 4.04. The second kappa shape index (κ2) is 5.59. The highest BCUT2D eigenvalue weighted by Crippen LogP contribution is 2.14. The average Bonchev–Trinajstić information content (AvgIpc) is 2.82. The normalized spacial score (nSPS) is 12.1. The molecule has 6 heteroatoms. The zero-order valence-electron chi connectivity index (χ0n) is 9.87. The maximum atomic E-state index is 10.5. The number of nitrogens with zero attached hydrogens (tertiary/aromatic N) is 2. The number of nitro groups is 1. The molecule has 2 aromatic heterocycles. The predicted molar refractivity (Wildman–Crippen MR) is 72.0 cm³/mol. The molecule has 0 radical (unpaired) electrons. The van der Waals surface area contributed by atoms with Crippen molar-refractivity contribution in [1.82, 2.24) is 4.98 Å². The minimum atomic E-state index is -0.453. The molecule has 0 aliphatic carbocycles. The van der Waals surface area contributed by atoms with Crippen molar-refractivity contribution < 1.29 is 4.92 Å². The van der Waals surface area contributed by atoms with Crippen LogP contribution in [-0.4, -0.2) is 15.9 Å². The van der Waals surface area contributed by atoms with Crippen molar-refractivity contribution >= 4 is 22.8 Å². The molecule has 5 nitrogen and oxygen atoms in total. The van der Waals surface area contributed by atoms with Gasteiger partial charge in [0, 0.05) is 12.1 Å². The van der Waals surface area contributed by atoms with Crippen LogP contribution in [0.4, 0.5) is 11.5 Å². The van der Waals surface area contributed by atoms with Crippen molar-refractivity contribution in [3.8, 4) is 0 Å². The molecule has 1 atom stereocenters. The first-order valence-corrected chi connectivity index (χ1v) is 6.47. The second-order valence-corrected chi connectivity index (χ2v) is 4.82. The molecule has 0 spiro atoms. The topological polar surface area (TPSA) is 68.1 Å². The summed E-state index contributed by atoms with van der Waals surface area (Å²) in [6.07, 6.45) is 2.17. The van der Waals surface area contributed by atoms with E-state index in [0.717, 1.165) is 6.42 Å². The first-order chi connectivity index (χ1) is 8.65. The zero-order chi connectivity index (χ0) is 13.0. The lowest BCUT2D eigenvalue weighted by molar-refractivity contribution is -0.385. The van der Waals surface area contributed by atoms with Crippen LogP contribution >= 0.6 is 11.3 Å². The quantitative estimate of drug-likeness (QED) is 0.665. The van der Waals surface area contributed by atoms with Crippen LogP contribution in [0.5, 0.6) is 0 Å². The highest BCUT2D eigenvalue weighted by atomic mass is 32.1. The van der Waals surface area contributed by atoms with Crippen LogP contribution in [0.1, 0.15) is 12.5 Å². The number of rotatable bonds is 5. The van der Waals surface area contributed by atoms with E-state index in [-0.39, 0.29) is 11.7 Å². The standard InChI is InChI=1S/C12H13N3O2S/c1-9(6-10-4-5-18-8-10)14-12-3-2-11(7-13-12)15(16)17/h2-5,7-9H,6H2,1H3,(H,13,14). The van der Waals surface area contributed by atoms with Gasteiger partial charge in [-0.3, -0.25) is 10.1 Å². The third-order valence-corrected chi connectivity index (χ3v) is 3.21. The van der Waals surface area contributed by atoms with Gasteiger partial charge < -0.3 is 5.32 Å². The Morgan fingerprint density at radius 1 is 1.50 bits per heavy atom. The lowest BCUT2D eigenvalue weighted by atomic mass is 10.1. The van der Waals surface area contributed by atoms with Crippen molar-refractivity contribution in [1.29, 1.82) is 0 Å². The van der Waals surface area contributed by atoms with Crippen molar-refractivity contribution in [3.63, 3.8) is 0 Å². The van der Waals surface area contributed by atoms with Crippen molar-refractivity contribution in [2.45, 2.75) is 19.4 Å². The highest BCUT2D eigenvalue weighted by Gasteiger charge is 2.08. The third kappa shape index (κ3) is 3.27. The van der Waals surface area contributed by atoms with Crippen LogP contribution in [0.25, 0.3) is 0 Å². The fraction of sp³-hybridized carbons (Fsp3) is 0.250. The van der Waals surface area contributed by atoms with Crippen LogP contribution in [0.2, 0.25) is 0 Å². The number of hydrogen-bond donors (Lipinski definition) is 1. The van der Waals surface area contributed by atoms with Gasteiger partial charge in [-0.2, -0.15) is 11.3 Å². The Morgan fingerprint density at radius 3 is 2.89 bits per heavy atom. The fourth-order valence-corrected chi connectivity index (χ4v) is 2.33. The summed E-state index contributed by atoms with van der Waals surface area (Å²) in [7, 11) is 0. The highest BCUT2D eigenvalue weighted by molar-refractivity contribution is 7.07.